The van der Waals surface area contributed by atoms with Crippen molar-refractivity contribution in [3.63, 3.8) is 0 Å². The first-order valence-electron chi connectivity index (χ1n) is 8.55. The molecule has 0 saturated carbocycles. The van der Waals surface area contributed by atoms with Crippen molar-refractivity contribution < 1.29 is 22.7 Å². The number of halogens is 4. The molecular weight excluding hydrogens is 405 g/mol. The summed E-state index contributed by atoms with van der Waals surface area (Å²) in [6.07, 6.45) is -4.03. The highest BCUT2D eigenvalue weighted by Crippen LogP contribution is 2.31. The Hall–Kier alpha value is -3.06. The molecule has 29 heavy (non-hydrogen) atoms. The fraction of sp³-hybridized carbons (Fsp3) is 0.143. The van der Waals surface area contributed by atoms with Crippen molar-refractivity contribution in [3.8, 4) is 5.75 Å². The predicted octanol–water partition coefficient (Wildman–Crippen LogP) is 5.98. The maximum absolute atomic E-state index is 12.7. The molecule has 0 saturated heterocycles. The smallest absolute Gasteiger partial charge is 0.410 e. The van der Waals surface area contributed by atoms with Gasteiger partial charge in [-0.2, -0.15) is 13.2 Å². The second-order valence-electron chi connectivity index (χ2n) is 6.23. The zero-order valence-corrected chi connectivity index (χ0v) is 16.0. The van der Waals surface area contributed by atoms with Crippen molar-refractivity contribution in [1.29, 1.82) is 0 Å². The standard InChI is InChI=1S/C21H16ClF3N2O2/c1-27(16-5-3-2-4-6-16)20(28)29-17-9-7-14(8-10-17)11-19-18(22)12-15(13-26-19)21(23,24)25/h2-10,12-13H,11H2,1H3. The number of nitrogens with zero attached hydrogens (tertiary/aromatic N) is 2. The van der Waals surface area contributed by atoms with E-state index in [0.29, 0.717) is 17.1 Å². The van der Waals surface area contributed by atoms with E-state index in [9.17, 15) is 18.0 Å². The normalized spacial score (nSPS) is 11.2. The third kappa shape index (κ3) is 5.26. The van der Waals surface area contributed by atoms with Gasteiger partial charge in [-0.15, -0.1) is 0 Å². The number of aromatic nitrogens is 1. The van der Waals surface area contributed by atoms with Crippen molar-refractivity contribution in [2.45, 2.75) is 12.6 Å². The van der Waals surface area contributed by atoms with E-state index in [4.69, 9.17) is 16.3 Å². The minimum absolute atomic E-state index is 0.0557. The molecule has 0 N–H and O–H groups in total. The molecule has 0 fully saturated rings. The summed E-state index contributed by atoms with van der Waals surface area (Å²) in [6.45, 7) is 0. The van der Waals surface area contributed by atoms with E-state index < -0.39 is 17.8 Å². The summed E-state index contributed by atoms with van der Waals surface area (Å²) < 4.78 is 43.4. The summed E-state index contributed by atoms with van der Waals surface area (Å²) in [7, 11) is 1.60. The molecule has 0 aliphatic carbocycles. The zero-order valence-electron chi connectivity index (χ0n) is 15.3. The Morgan fingerprint density at radius 3 is 2.34 bits per heavy atom. The Labute approximate surface area is 170 Å². The Balaban J connectivity index is 1.65. The van der Waals surface area contributed by atoms with Crippen LogP contribution in [0.15, 0.2) is 66.9 Å². The predicted molar refractivity (Wildman–Crippen MR) is 104 cm³/mol. The van der Waals surface area contributed by atoms with Gasteiger partial charge in [0.05, 0.1) is 16.3 Å². The highest BCUT2D eigenvalue weighted by atomic mass is 35.5. The zero-order chi connectivity index (χ0) is 21.0. The van der Waals surface area contributed by atoms with Gasteiger partial charge in [0.25, 0.3) is 0 Å². The van der Waals surface area contributed by atoms with E-state index in [1.54, 1.807) is 43.4 Å². The molecule has 0 atom stereocenters. The van der Waals surface area contributed by atoms with Crippen molar-refractivity contribution in [3.05, 3.63) is 88.7 Å². The summed E-state index contributed by atoms with van der Waals surface area (Å²) in [6, 6.07) is 16.5. The number of amides is 1. The van der Waals surface area contributed by atoms with E-state index in [-0.39, 0.29) is 11.4 Å². The van der Waals surface area contributed by atoms with Crippen LogP contribution in [0, 0.1) is 0 Å². The number of benzene rings is 2. The SMILES string of the molecule is CN(C(=O)Oc1ccc(Cc2ncc(C(F)(F)F)cc2Cl)cc1)c1ccccc1. The first-order chi connectivity index (χ1) is 13.7. The number of para-hydroxylation sites is 1. The lowest BCUT2D eigenvalue weighted by molar-refractivity contribution is -0.137. The van der Waals surface area contributed by atoms with Gasteiger partial charge in [-0.05, 0) is 35.9 Å². The van der Waals surface area contributed by atoms with Crippen molar-refractivity contribution in [2.75, 3.05) is 11.9 Å². The lowest BCUT2D eigenvalue weighted by Crippen LogP contribution is -2.29. The second kappa shape index (κ2) is 8.53. The van der Waals surface area contributed by atoms with Gasteiger partial charge < -0.3 is 4.74 Å². The summed E-state index contributed by atoms with van der Waals surface area (Å²) >= 11 is 5.94. The molecule has 8 heteroatoms. The van der Waals surface area contributed by atoms with E-state index in [0.717, 1.165) is 17.8 Å². The van der Waals surface area contributed by atoms with Gasteiger partial charge >= 0.3 is 12.3 Å². The molecule has 1 heterocycles. The van der Waals surface area contributed by atoms with Crippen LogP contribution in [0.4, 0.5) is 23.7 Å². The van der Waals surface area contributed by atoms with Crippen molar-refractivity contribution in [2.24, 2.45) is 0 Å². The molecule has 2 aromatic carbocycles. The van der Waals surface area contributed by atoms with Crippen LogP contribution in [-0.2, 0) is 12.6 Å². The second-order valence-corrected chi connectivity index (χ2v) is 6.64. The average Bonchev–Trinajstić information content (AvgIpc) is 2.70. The number of carbonyl (C=O) groups excluding carboxylic acids is 1. The Morgan fingerprint density at radius 1 is 1.10 bits per heavy atom. The third-order valence-electron chi connectivity index (χ3n) is 4.16. The number of rotatable bonds is 4. The van der Waals surface area contributed by atoms with Crippen LogP contribution >= 0.6 is 11.6 Å². The molecule has 0 unspecified atom stereocenters. The highest BCUT2D eigenvalue weighted by molar-refractivity contribution is 6.31. The van der Waals surface area contributed by atoms with Crippen LogP contribution in [0.5, 0.6) is 5.75 Å². The molecule has 0 aliphatic heterocycles. The molecular formula is C21H16ClF3N2O2. The number of pyridine rings is 1. The molecule has 150 valence electrons. The summed E-state index contributed by atoms with van der Waals surface area (Å²) in [5.41, 5.74) is 0.886. The quantitative estimate of drug-likeness (QED) is 0.521. The number of ether oxygens (including phenoxy) is 1. The van der Waals surface area contributed by atoms with Crippen LogP contribution in [0.25, 0.3) is 0 Å². The number of anilines is 1. The van der Waals surface area contributed by atoms with E-state index >= 15 is 0 Å². The van der Waals surface area contributed by atoms with Crippen LogP contribution in [0.1, 0.15) is 16.8 Å². The Bertz CT molecular complexity index is 993. The third-order valence-corrected chi connectivity index (χ3v) is 4.49. The van der Waals surface area contributed by atoms with Gasteiger partial charge in [-0.1, -0.05) is 41.9 Å². The number of carbonyl (C=O) groups is 1. The lowest BCUT2D eigenvalue weighted by Gasteiger charge is -2.16. The molecule has 1 aromatic heterocycles. The Morgan fingerprint density at radius 2 is 1.76 bits per heavy atom. The molecule has 0 aliphatic rings. The number of hydrogen-bond acceptors (Lipinski definition) is 3. The van der Waals surface area contributed by atoms with Gasteiger partial charge in [0, 0.05) is 25.4 Å². The van der Waals surface area contributed by atoms with Crippen molar-refractivity contribution in [1.82, 2.24) is 4.98 Å². The van der Waals surface area contributed by atoms with Gasteiger partial charge in [0.1, 0.15) is 5.75 Å². The van der Waals surface area contributed by atoms with Crippen LogP contribution in [0.2, 0.25) is 5.02 Å². The largest absolute Gasteiger partial charge is 0.419 e. The van der Waals surface area contributed by atoms with Crippen LogP contribution in [0.3, 0.4) is 0 Å². The Kier molecular flexibility index (Phi) is 6.08. The van der Waals surface area contributed by atoms with Gasteiger partial charge in [0.2, 0.25) is 0 Å². The van der Waals surface area contributed by atoms with Crippen LogP contribution in [-0.4, -0.2) is 18.1 Å². The molecule has 1 amide bonds. The summed E-state index contributed by atoms with van der Waals surface area (Å²) in [5, 5.41) is -0.0557. The summed E-state index contributed by atoms with van der Waals surface area (Å²) in [4.78, 5) is 17.4. The molecule has 4 nitrogen and oxygen atoms in total. The lowest BCUT2D eigenvalue weighted by atomic mass is 10.1. The fourth-order valence-electron chi connectivity index (χ4n) is 2.55. The first-order valence-corrected chi connectivity index (χ1v) is 8.93. The minimum atomic E-state index is -4.49. The molecule has 3 aromatic rings. The van der Waals surface area contributed by atoms with E-state index in [1.165, 1.54) is 4.90 Å². The van der Waals surface area contributed by atoms with E-state index in [2.05, 4.69) is 4.98 Å². The average molecular weight is 421 g/mol. The van der Waals surface area contributed by atoms with Crippen LogP contribution < -0.4 is 9.64 Å². The highest BCUT2D eigenvalue weighted by Gasteiger charge is 2.31. The molecule has 0 radical (unpaired) electrons. The van der Waals surface area contributed by atoms with E-state index in [1.807, 2.05) is 18.2 Å². The molecule has 0 spiro atoms. The topological polar surface area (TPSA) is 42.4 Å². The molecule has 3 rings (SSSR count). The van der Waals surface area contributed by atoms with Gasteiger partial charge in [-0.25, -0.2) is 4.79 Å². The maximum atomic E-state index is 12.7. The fourth-order valence-corrected chi connectivity index (χ4v) is 2.78. The van der Waals surface area contributed by atoms with Gasteiger partial charge in [-0.3, -0.25) is 9.88 Å². The first kappa shape index (κ1) is 20.7. The molecule has 0 bridgehead atoms. The number of alkyl halides is 3. The minimum Gasteiger partial charge on any atom is -0.410 e. The monoisotopic (exact) mass is 420 g/mol. The van der Waals surface area contributed by atoms with Crippen molar-refractivity contribution >= 4 is 23.4 Å². The van der Waals surface area contributed by atoms with Gasteiger partial charge in [0.15, 0.2) is 0 Å². The summed E-state index contributed by atoms with van der Waals surface area (Å²) in [5.74, 6) is 0.341. The number of hydrogen-bond donors (Lipinski definition) is 0. The maximum Gasteiger partial charge on any atom is 0.419 e.